The molecule has 0 bridgehead atoms. The van der Waals surface area contributed by atoms with Gasteiger partial charge in [-0.1, -0.05) is 0 Å². The maximum atomic E-state index is 11.9. The van der Waals surface area contributed by atoms with Crippen LogP contribution in [0.3, 0.4) is 0 Å². The van der Waals surface area contributed by atoms with E-state index < -0.39 is 0 Å². The third-order valence-electron chi connectivity index (χ3n) is 3.89. The summed E-state index contributed by atoms with van der Waals surface area (Å²) in [5.74, 6) is 0.525. The fourth-order valence-corrected chi connectivity index (χ4v) is 2.84. The van der Waals surface area contributed by atoms with Crippen molar-refractivity contribution < 1.29 is 23.8 Å². The highest BCUT2D eigenvalue weighted by molar-refractivity contribution is 5.97. The highest BCUT2D eigenvalue weighted by atomic mass is 16.6. The summed E-state index contributed by atoms with van der Waals surface area (Å²) < 4.78 is 15.9. The van der Waals surface area contributed by atoms with Crippen LogP contribution in [0.2, 0.25) is 0 Å². The summed E-state index contributed by atoms with van der Waals surface area (Å²) in [6.45, 7) is 1.88. The zero-order valence-electron chi connectivity index (χ0n) is 11.3. The lowest BCUT2D eigenvalue weighted by molar-refractivity contribution is -0.125. The number of ether oxygens (including phenoxy) is 3. The first kappa shape index (κ1) is 12.5. The predicted molar refractivity (Wildman–Crippen MR) is 72.7 cm³/mol. The monoisotopic (exact) mass is 290 g/mol. The van der Waals surface area contributed by atoms with Crippen LogP contribution >= 0.6 is 0 Å². The Labute approximate surface area is 121 Å². The Balaban J connectivity index is 1.68. The molecule has 2 amide bonds. The standard InChI is InChI=1S/C14H14N2O5/c17-13-8-19-4-3-15(13)9-1-2-11-12(5-9)20-6-10-7-21-14(18)16(10)11/h1-2,5,10H,3-4,6-8H2. The second-order valence-corrected chi connectivity index (χ2v) is 5.16. The van der Waals surface area contributed by atoms with Gasteiger partial charge >= 0.3 is 6.09 Å². The molecule has 0 N–H and O–H groups in total. The second-order valence-electron chi connectivity index (χ2n) is 5.16. The topological polar surface area (TPSA) is 68.3 Å². The highest BCUT2D eigenvalue weighted by Crippen LogP contribution is 2.39. The van der Waals surface area contributed by atoms with E-state index >= 15 is 0 Å². The minimum Gasteiger partial charge on any atom is -0.489 e. The number of anilines is 2. The van der Waals surface area contributed by atoms with Crippen molar-refractivity contribution in [3.8, 4) is 5.75 Å². The summed E-state index contributed by atoms with van der Waals surface area (Å²) >= 11 is 0. The molecule has 0 saturated carbocycles. The zero-order valence-corrected chi connectivity index (χ0v) is 11.3. The van der Waals surface area contributed by atoms with Crippen LogP contribution in [0, 0.1) is 0 Å². The molecule has 3 aliphatic rings. The van der Waals surface area contributed by atoms with Gasteiger partial charge in [-0.3, -0.25) is 9.69 Å². The van der Waals surface area contributed by atoms with Gasteiger partial charge in [0.25, 0.3) is 5.91 Å². The first-order chi connectivity index (χ1) is 10.2. The number of carbonyl (C=O) groups excluding carboxylic acids is 2. The summed E-state index contributed by atoms with van der Waals surface area (Å²) in [7, 11) is 0. The van der Waals surface area contributed by atoms with E-state index in [9.17, 15) is 9.59 Å². The van der Waals surface area contributed by atoms with E-state index in [0.29, 0.717) is 37.8 Å². The van der Waals surface area contributed by atoms with Crippen molar-refractivity contribution in [1.29, 1.82) is 0 Å². The molecule has 3 heterocycles. The lowest BCUT2D eigenvalue weighted by Gasteiger charge is -2.31. The lowest BCUT2D eigenvalue weighted by atomic mass is 10.1. The summed E-state index contributed by atoms with van der Waals surface area (Å²) in [6.07, 6.45) is -0.347. The number of carbonyl (C=O) groups is 2. The number of benzene rings is 1. The molecule has 3 aliphatic heterocycles. The summed E-state index contributed by atoms with van der Waals surface area (Å²) in [4.78, 5) is 26.9. The lowest BCUT2D eigenvalue weighted by Crippen LogP contribution is -2.43. The van der Waals surface area contributed by atoms with Crippen molar-refractivity contribution in [3.05, 3.63) is 18.2 Å². The number of hydrogen-bond donors (Lipinski definition) is 0. The predicted octanol–water partition coefficient (Wildman–Crippen LogP) is 0.767. The SMILES string of the molecule is O=C1COCCN1c1ccc2c(c1)OCC1COC(=O)N21. The van der Waals surface area contributed by atoms with Crippen molar-refractivity contribution in [3.63, 3.8) is 0 Å². The number of morpholine rings is 1. The first-order valence-corrected chi connectivity index (χ1v) is 6.85. The summed E-state index contributed by atoms with van der Waals surface area (Å²) in [5, 5.41) is 0. The van der Waals surface area contributed by atoms with Gasteiger partial charge in [0.15, 0.2) is 0 Å². The summed E-state index contributed by atoms with van der Waals surface area (Å²) in [6, 6.07) is 5.34. The minimum atomic E-state index is -0.347. The first-order valence-electron chi connectivity index (χ1n) is 6.85. The van der Waals surface area contributed by atoms with E-state index in [4.69, 9.17) is 14.2 Å². The van der Waals surface area contributed by atoms with Gasteiger partial charge in [0, 0.05) is 18.3 Å². The van der Waals surface area contributed by atoms with Crippen molar-refractivity contribution >= 4 is 23.4 Å². The molecule has 2 fully saturated rings. The fourth-order valence-electron chi connectivity index (χ4n) is 2.84. The van der Waals surface area contributed by atoms with Crippen LogP contribution in [0.4, 0.5) is 16.2 Å². The van der Waals surface area contributed by atoms with E-state index in [-0.39, 0.29) is 24.6 Å². The van der Waals surface area contributed by atoms with Gasteiger partial charge in [-0.2, -0.15) is 0 Å². The Kier molecular flexibility index (Phi) is 2.75. The molecular weight excluding hydrogens is 276 g/mol. The molecule has 1 unspecified atom stereocenters. The third-order valence-corrected chi connectivity index (χ3v) is 3.89. The number of hydrogen-bond acceptors (Lipinski definition) is 5. The number of cyclic esters (lactones) is 1. The van der Waals surface area contributed by atoms with E-state index in [0.717, 1.165) is 5.69 Å². The molecule has 4 rings (SSSR count). The molecule has 21 heavy (non-hydrogen) atoms. The molecule has 1 aromatic carbocycles. The van der Waals surface area contributed by atoms with Crippen molar-refractivity contribution in [2.45, 2.75) is 6.04 Å². The maximum Gasteiger partial charge on any atom is 0.414 e. The van der Waals surface area contributed by atoms with Crippen LogP contribution in [-0.4, -0.2) is 51.0 Å². The molecule has 0 spiro atoms. The fraction of sp³-hybridized carbons (Fsp3) is 0.429. The maximum absolute atomic E-state index is 11.9. The molecular formula is C14H14N2O5. The number of rotatable bonds is 1. The number of amides is 2. The Bertz CT molecular complexity index is 617. The zero-order chi connectivity index (χ0) is 14.4. The Morgan fingerprint density at radius 2 is 2.00 bits per heavy atom. The number of nitrogens with zero attached hydrogens (tertiary/aromatic N) is 2. The second kappa shape index (κ2) is 4.63. The van der Waals surface area contributed by atoms with Gasteiger partial charge in [-0.25, -0.2) is 4.79 Å². The third kappa shape index (κ3) is 1.92. The van der Waals surface area contributed by atoms with Crippen LogP contribution in [0.25, 0.3) is 0 Å². The Morgan fingerprint density at radius 3 is 2.86 bits per heavy atom. The highest BCUT2D eigenvalue weighted by Gasteiger charge is 2.39. The van der Waals surface area contributed by atoms with Crippen LogP contribution in [0.15, 0.2) is 18.2 Å². The van der Waals surface area contributed by atoms with Gasteiger partial charge in [0.2, 0.25) is 0 Å². The van der Waals surface area contributed by atoms with E-state index in [1.807, 2.05) is 6.07 Å². The van der Waals surface area contributed by atoms with E-state index in [1.54, 1.807) is 21.9 Å². The Morgan fingerprint density at radius 1 is 1.14 bits per heavy atom. The van der Waals surface area contributed by atoms with Crippen LogP contribution < -0.4 is 14.5 Å². The van der Waals surface area contributed by atoms with Gasteiger partial charge in [-0.15, -0.1) is 0 Å². The largest absolute Gasteiger partial charge is 0.489 e. The van der Waals surface area contributed by atoms with Gasteiger partial charge in [0.05, 0.1) is 12.3 Å². The molecule has 2 saturated heterocycles. The number of fused-ring (bicyclic) bond motifs is 3. The molecule has 110 valence electrons. The van der Waals surface area contributed by atoms with Crippen molar-refractivity contribution in [2.24, 2.45) is 0 Å². The average Bonchev–Trinajstić information content (AvgIpc) is 2.89. The molecule has 0 radical (unpaired) electrons. The molecule has 7 nitrogen and oxygen atoms in total. The molecule has 1 aromatic rings. The quantitative estimate of drug-likeness (QED) is 0.764. The van der Waals surface area contributed by atoms with Crippen LogP contribution in [0.1, 0.15) is 0 Å². The van der Waals surface area contributed by atoms with Gasteiger partial charge in [0.1, 0.15) is 31.6 Å². The van der Waals surface area contributed by atoms with Crippen molar-refractivity contribution in [2.75, 3.05) is 42.8 Å². The normalized spacial score (nSPS) is 24.3. The summed E-state index contributed by atoms with van der Waals surface area (Å²) in [5.41, 5.74) is 1.45. The van der Waals surface area contributed by atoms with E-state index in [1.165, 1.54) is 0 Å². The van der Waals surface area contributed by atoms with Gasteiger partial charge < -0.3 is 19.1 Å². The molecule has 0 aliphatic carbocycles. The van der Waals surface area contributed by atoms with Crippen LogP contribution in [-0.2, 0) is 14.3 Å². The van der Waals surface area contributed by atoms with E-state index in [2.05, 4.69) is 0 Å². The van der Waals surface area contributed by atoms with Crippen molar-refractivity contribution in [1.82, 2.24) is 0 Å². The Hall–Kier alpha value is -2.28. The van der Waals surface area contributed by atoms with Gasteiger partial charge in [-0.05, 0) is 12.1 Å². The minimum absolute atomic E-state index is 0.0686. The molecule has 1 atom stereocenters. The average molecular weight is 290 g/mol. The smallest absolute Gasteiger partial charge is 0.414 e. The van der Waals surface area contributed by atoms with Crippen LogP contribution in [0.5, 0.6) is 5.75 Å². The molecule has 7 heteroatoms. The molecule has 0 aromatic heterocycles.